The van der Waals surface area contributed by atoms with Gasteiger partial charge in [-0.2, -0.15) is 0 Å². The van der Waals surface area contributed by atoms with Crippen LogP contribution in [-0.4, -0.2) is 81.2 Å². The Labute approximate surface area is 255 Å². The highest BCUT2D eigenvalue weighted by molar-refractivity contribution is 7.47. The van der Waals surface area contributed by atoms with Crippen molar-refractivity contribution in [3.05, 3.63) is 0 Å². The van der Waals surface area contributed by atoms with Crippen molar-refractivity contribution in [3.8, 4) is 0 Å². The van der Waals surface area contributed by atoms with Crippen LogP contribution in [0, 0.1) is 0 Å². The van der Waals surface area contributed by atoms with Crippen LogP contribution in [0.4, 0.5) is 0 Å². The minimum absolute atomic E-state index is 0.00659. The molecular weight excluding hydrogens is 561 g/mol. The Hall–Kier alpha value is -1.32. The third-order valence-electron chi connectivity index (χ3n) is 6.86. The number of hydrogen-bond donors (Lipinski definition) is 1. The fourth-order valence-corrected chi connectivity index (χ4v) is 4.97. The van der Waals surface area contributed by atoms with Gasteiger partial charge < -0.3 is 23.6 Å². The van der Waals surface area contributed by atoms with Crippen LogP contribution in [0.1, 0.15) is 129 Å². The number of aldehydes is 1. The van der Waals surface area contributed by atoms with Crippen molar-refractivity contribution < 1.29 is 46.8 Å². The number of unbranched alkanes of at least 4 members (excludes halogenated alkanes) is 15. The summed E-state index contributed by atoms with van der Waals surface area (Å²) in [6.45, 7) is 2.01. The summed E-state index contributed by atoms with van der Waals surface area (Å²) in [5.41, 5.74) is 0. The van der Waals surface area contributed by atoms with Gasteiger partial charge in [-0.25, -0.2) is 4.57 Å². The van der Waals surface area contributed by atoms with E-state index >= 15 is 0 Å². The van der Waals surface area contributed by atoms with Gasteiger partial charge in [0.05, 0.1) is 27.7 Å². The molecule has 0 fully saturated rings. The summed E-state index contributed by atoms with van der Waals surface area (Å²) >= 11 is 0. The lowest BCUT2D eigenvalue weighted by Crippen LogP contribution is -2.37. The molecule has 0 aliphatic heterocycles. The first-order valence-electron chi connectivity index (χ1n) is 16.2. The van der Waals surface area contributed by atoms with Crippen LogP contribution in [0.2, 0.25) is 0 Å². The Morgan fingerprint density at radius 2 is 1.24 bits per heavy atom. The molecule has 0 heterocycles. The molecule has 2 unspecified atom stereocenters. The third-order valence-corrected chi connectivity index (χ3v) is 7.84. The smallest absolute Gasteiger partial charge is 0.462 e. The second-order valence-corrected chi connectivity index (χ2v) is 13.6. The van der Waals surface area contributed by atoms with Crippen LogP contribution in [0.3, 0.4) is 0 Å². The maximum atomic E-state index is 12.3. The first kappa shape index (κ1) is 40.7. The van der Waals surface area contributed by atoms with E-state index < -0.39 is 32.5 Å². The molecule has 0 aliphatic carbocycles. The topological polar surface area (TPSA) is 125 Å². The lowest BCUT2D eigenvalue weighted by Gasteiger charge is -2.24. The van der Waals surface area contributed by atoms with Crippen molar-refractivity contribution in [2.75, 3.05) is 47.5 Å². The Bertz CT molecular complexity index is 742. The number of carbonyl (C=O) groups is 3. The van der Waals surface area contributed by atoms with Gasteiger partial charge in [0.1, 0.15) is 26.0 Å². The molecule has 0 rings (SSSR count). The molecule has 42 heavy (non-hydrogen) atoms. The molecule has 0 aromatic carbocycles. The minimum atomic E-state index is -4.38. The molecule has 2 atom stereocenters. The molecular formula is C31H61NO9P+. The van der Waals surface area contributed by atoms with Crippen LogP contribution in [0.15, 0.2) is 0 Å². The highest BCUT2D eigenvalue weighted by atomic mass is 31.2. The van der Waals surface area contributed by atoms with Gasteiger partial charge in [0.2, 0.25) is 0 Å². The Balaban J connectivity index is 4.27. The second-order valence-electron chi connectivity index (χ2n) is 12.2. The Morgan fingerprint density at radius 3 is 1.76 bits per heavy atom. The fourth-order valence-electron chi connectivity index (χ4n) is 4.22. The number of likely N-dealkylation sites (N-methyl/N-ethyl adjacent to an activating group) is 1. The van der Waals surface area contributed by atoms with Crippen molar-refractivity contribution in [2.45, 2.75) is 135 Å². The number of phosphoric acid groups is 1. The number of quaternary nitrogens is 1. The highest BCUT2D eigenvalue weighted by Gasteiger charge is 2.27. The molecule has 11 heteroatoms. The molecule has 0 saturated carbocycles. The van der Waals surface area contributed by atoms with Gasteiger partial charge in [-0.15, -0.1) is 0 Å². The fraction of sp³-hybridized carbons (Fsp3) is 0.903. The number of carbonyl (C=O) groups excluding carboxylic acids is 3. The minimum Gasteiger partial charge on any atom is -0.462 e. The highest BCUT2D eigenvalue weighted by Crippen LogP contribution is 2.43. The van der Waals surface area contributed by atoms with E-state index in [1.807, 2.05) is 21.1 Å². The average Bonchev–Trinajstić information content (AvgIpc) is 2.92. The Morgan fingerprint density at radius 1 is 0.738 bits per heavy atom. The molecule has 0 aromatic heterocycles. The summed E-state index contributed by atoms with van der Waals surface area (Å²) in [6.07, 6.45) is 18.6. The van der Waals surface area contributed by atoms with Crippen LogP contribution in [-0.2, 0) is 37.5 Å². The molecule has 0 bridgehead atoms. The average molecular weight is 623 g/mol. The van der Waals surface area contributed by atoms with Gasteiger partial charge in [-0.3, -0.25) is 18.6 Å². The number of hydrogen-bond acceptors (Lipinski definition) is 8. The van der Waals surface area contributed by atoms with Crippen molar-refractivity contribution in [1.29, 1.82) is 0 Å². The predicted octanol–water partition coefficient (Wildman–Crippen LogP) is 6.91. The summed E-state index contributed by atoms with van der Waals surface area (Å²) in [4.78, 5) is 44.9. The molecule has 0 saturated heterocycles. The molecule has 0 spiro atoms. The van der Waals surface area contributed by atoms with E-state index in [9.17, 15) is 23.8 Å². The summed E-state index contributed by atoms with van der Waals surface area (Å²) in [5.74, 6) is -0.969. The zero-order valence-electron chi connectivity index (χ0n) is 27.0. The summed E-state index contributed by atoms with van der Waals surface area (Å²) in [7, 11) is 1.38. The van der Waals surface area contributed by atoms with Crippen LogP contribution < -0.4 is 0 Å². The van der Waals surface area contributed by atoms with Crippen molar-refractivity contribution in [3.63, 3.8) is 0 Å². The van der Waals surface area contributed by atoms with E-state index in [4.69, 9.17) is 18.5 Å². The van der Waals surface area contributed by atoms with Crippen LogP contribution in [0.5, 0.6) is 0 Å². The lowest BCUT2D eigenvalue weighted by atomic mass is 10.0. The normalized spacial score (nSPS) is 13.8. The van der Waals surface area contributed by atoms with Gasteiger partial charge in [0.15, 0.2) is 6.10 Å². The van der Waals surface area contributed by atoms with E-state index in [0.29, 0.717) is 30.3 Å². The van der Waals surface area contributed by atoms with Crippen LogP contribution in [0.25, 0.3) is 0 Å². The summed E-state index contributed by atoms with van der Waals surface area (Å²) in [6, 6.07) is 0. The predicted molar refractivity (Wildman–Crippen MR) is 165 cm³/mol. The van der Waals surface area contributed by atoms with E-state index in [-0.39, 0.29) is 26.1 Å². The summed E-state index contributed by atoms with van der Waals surface area (Å²) in [5, 5.41) is 0. The third kappa shape index (κ3) is 28.8. The van der Waals surface area contributed by atoms with E-state index in [0.717, 1.165) is 25.5 Å². The molecule has 0 amide bonds. The number of rotatable bonds is 30. The van der Waals surface area contributed by atoms with Gasteiger partial charge in [0.25, 0.3) is 0 Å². The monoisotopic (exact) mass is 622 g/mol. The number of phosphoric ester groups is 1. The zero-order chi connectivity index (χ0) is 31.5. The van der Waals surface area contributed by atoms with Crippen LogP contribution >= 0.6 is 7.82 Å². The zero-order valence-corrected chi connectivity index (χ0v) is 27.9. The molecule has 0 aromatic rings. The number of nitrogens with zero attached hydrogens (tertiary/aromatic N) is 1. The van der Waals surface area contributed by atoms with Gasteiger partial charge in [-0.05, 0) is 19.3 Å². The van der Waals surface area contributed by atoms with Gasteiger partial charge in [-0.1, -0.05) is 90.4 Å². The maximum absolute atomic E-state index is 12.3. The van der Waals surface area contributed by atoms with Crippen molar-refractivity contribution >= 4 is 26.0 Å². The van der Waals surface area contributed by atoms with Gasteiger partial charge in [0, 0.05) is 19.3 Å². The van der Waals surface area contributed by atoms with E-state index in [1.165, 1.54) is 70.6 Å². The van der Waals surface area contributed by atoms with Crippen molar-refractivity contribution in [1.82, 2.24) is 0 Å². The molecule has 0 radical (unpaired) electrons. The molecule has 248 valence electrons. The van der Waals surface area contributed by atoms with E-state index in [1.54, 1.807) is 0 Å². The number of ether oxygens (including phenoxy) is 2. The molecule has 10 nitrogen and oxygen atoms in total. The molecule has 1 N–H and O–H groups in total. The van der Waals surface area contributed by atoms with Crippen molar-refractivity contribution in [2.24, 2.45) is 0 Å². The SMILES string of the molecule is CCCCCCCCCCCCCCCCC(=O)OCC(COP(=O)(O)OCC[N+](C)(C)C)OC(=O)CCCCC=O. The Kier molecular flexibility index (Phi) is 25.3. The number of esters is 2. The summed E-state index contributed by atoms with van der Waals surface area (Å²) < 4.78 is 33.5. The first-order chi connectivity index (χ1) is 20.0. The maximum Gasteiger partial charge on any atom is 0.472 e. The van der Waals surface area contributed by atoms with Gasteiger partial charge >= 0.3 is 19.8 Å². The lowest BCUT2D eigenvalue weighted by molar-refractivity contribution is -0.870. The quantitative estimate of drug-likeness (QED) is 0.0299. The standard InChI is InChI=1S/C31H60NO9P/c1-5-6-7-8-9-10-11-12-13-14-15-16-17-19-22-30(34)38-27-29(41-31(35)23-20-18-21-25-33)28-40-42(36,37)39-26-24-32(2,3)4/h25,29H,5-24,26-28H2,1-4H3/p+1. The molecule has 0 aliphatic rings. The second kappa shape index (κ2) is 26.1. The first-order valence-corrected chi connectivity index (χ1v) is 17.7. The largest absolute Gasteiger partial charge is 0.472 e. The van der Waals surface area contributed by atoms with E-state index in [2.05, 4.69) is 6.92 Å².